The van der Waals surface area contributed by atoms with Crippen LogP contribution >= 0.6 is 0 Å². The van der Waals surface area contributed by atoms with Crippen LogP contribution in [0.4, 0.5) is 8.78 Å². The summed E-state index contributed by atoms with van der Waals surface area (Å²) in [6.07, 6.45) is 0.204. The summed E-state index contributed by atoms with van der Waals surface area (Å²) in [4.78, 5) is 87.1. The smallest absolute Gasteiger partial charge is 0.351 e. The number of amides is 5. The van der Waals surface area contributed by atoms with E-state index >= 15 is 8.78 Å². The maximum atomic E-state index is 15.5. The maximum absolute atomic E-state index is 15.5. The number of carbonyl (C=O) groups excluding carboxylic acids is 6. The Morgan fingerprint density at radius 2 is 1.64 bits per heavy atom. The zero-order chi connectivity index (χ0) is 39.5. The van der Waals surface area contributed by atoms with E-state index in [-0.39, 0.29) is 38.0 Å². The molecule has 7 atom stereocenters. The first-order valence-electron chi connectivity index (χ1n) is 17.5. The monoisotopic (exact) mass is 745 g/mol. The number of halogens is 2. The molecule has 17 heteroatoms. The molecule has 3 rings (SSSR count). The van der Waals surface area contributed by atoms with Crippen LogP contribution in [0.5, 0.6) is 0 Å². The van der Waals surface area contributed by atoms with Gasteiger partial charge in [-0.15, -0.1) is 0 Å². The molecule has 1 saturated heterocycles. The average molecular weight is 746 g/mol. The molecule has 0 spiro atoms. The van der Waals surface area contributed by atoms with Gasteiger partial charge in [-0.05, 0) is 30.7 Å². The second-order valence-corrected chi connectivity index (χ2v) is 13.7. The fourth-order valence-electron chi connectivity index (χ4n) is 5.97. The van der Waals surface area contributed by atoms with Crippen molar-refractivity contribution in [3.8, 4) is 0 Å². The summed E-state index contributed by atoms with van der Waals surface area (Å²) < 4.78 is 36.0. The van der Waals surface area contributed by atoms with Gasteiger partial charge in [0, 0.05) is 18.8 Å². The van der Waals surface area contributed by atoms with Crippen molar-refractivity contribution in [2.75, 3.05) is 6.54 Å². The van der Waals surface area contributed by atoms with Crippen LogP contribution in [0.15, 0.2) is 48.9 Å². The first kappa shape index (κ1) is 42.4. The van der Waals surface area contributed by atoms with Crippen molar-refractivity contribution in [1.82, 2.24) is 36.1 Å². The highest BCUT2D eigenvalue weighted by atomic mass is 19.3. The summed E-state index contributed by atoms with van der Waals surface area (Å²) in [6, 6.07) is 2.25. The van der Waals surface area contributed by atoms with E-state index in [9.17, 15) is 33.9 Å². The van der Waals surface area contributed by atoms with Crippen molar-refractivity contribution in [1.29, 1.82) is 0 Å². The number of carbonyl (C=O) groups is 6. The Morgan fingerprint density at radius 1 is 0.981 bits per heavy atom. The third-order valence-electron chi connectivity index (χ3n) is 8.99. The van der Waals surface area contributed by atoms with Crippen LogP contribution in [0, 0.1) is 11.8 Å². The molecule has 0 radical (unpaired) electrons. The lowest BCUT2D eigenvalue weighted by Crippen LogP contribution is -2.61. The van der Waals surface area contributed by atoms with Gasteiger partial charge in [-0.1, -0.05) is 71.4 Å². The molecule has 53 heavy (non-hydrogen) atoms. The number of rotatable bonds is 18. The Bertz CT molecular complexity index is 1570. The fraction of sp³-hybridized carbons (Fsp3) is 0.556. The molecule has 0 saturated carbocycles. The van der Waals surface area contributed by atoms with Crippen LogP contribution in [0.2, 0.25) is 0 Å². The highest BCUT2D eigenvalue weighted by Crippen LogP contribution is 2.27. The number of aliphatic hydroxyl groups is 1. The van der Waals surface area contributed by atoms with Crippen molar-refractivity contribution >= 4 is 36.0 Å². The predicted molar refractivity (Wildman–Crippen MR) is 187 cm³/mol. The Labute approximate surface area is 307 Å². The largest absolute Gasteiger partial charge is 0.463 e. The Morgan fingerprint density at radius 3 is 2.21 bits per heavy atom. The number of likely N-dealkylation sites (tertiary alicyclic amines) is 1. The quantitative estimate of drug-likeness (QED) is 0.140. The molecule has 1 aromatic heterocycles. The second kappa shape index (κ2) is 19.1. The third-order valence-corrected chi connectivity index (χ3v) is 8.99. The van der Waals surface area contributed by atoms with Gasteiger partial charge in [0.15, 0.2) is 0 Å². The number of hydrogen-bond acceptors (Lipinski definition) is 10. The summed E-state index contributed by atoms with van der Waals surface area (Å²) >= 11 is 0. The molecule has 15 nitrogen and oxygen atoms in total. The number of nitrogens with zero attached hydrogens (tertiary/aromatic N) is 3. The molecular weight excluding hydrogens is 696 g/mol. The molecule has 5 amide bonds. The number of aromatic nitrogens is 2. The minimum atomic E-state index is -4.33. The molecule has 1 unspecified atom stereocenters. The van der Waals surface area contributed by atoms with Crippen molar-refractivity contribution in [2.45, 2.75) is 109 Å². The average Bonchev–Trinajstić information content (AvgIpc) is 3.56. The van der Waals surface area contributed by atoms with Gasteiger partial charge in [0.2, 0.25) is 17.7 Å². The van der Waals surface area contributed by atoms with E-state index in [0.29, 0.717) is 5.56 Å². The van der Waals surface area contributed by atoms with E-state index < -0.39 is 89.7 Å². The van der Waals surface area contributed by atoms with Gasteiger partial charge in [0.05, 0.1) is 24.8 Å². The lowest BCUT2D eigenvalue weighted by Gasteiger charge is -2.34. The van der Waals surface area contributed by atoms with E-state index in [4.69, 9.17) is 4.74 Å². The predicted octanol–water partition coefficient (Wildman–Crippen LogP) is 1.67. The van der Waals surface area contributed by atoms with Gasteiger partial charge in [-0.2, -0.15) is 8.78 Å². The maximum Gasteiger partial charge on any atom is 0.351 e. The Balaban J connectivity index is 1.80. The number of ether oxygens (including phenoxy) is 1. The minimum Gasteiger partial charge on any atom is -0.463 e. The topological polar surface area (TPSA) is 209 Å². The van der Waals surface area contributed by atoms with Gasteiger partial charge in [-0.25, -0.2) is 4.98 Å². The number of alkyl halides is 2. The van der Waals surface area contributed by atoms with Crippen LogP contribution in [-0.2, 0) is 28.7 Å². The van der Waals surface area contributed by atoms with Gasteiger partial charge < -0.3 is 36.0 Å². The Kier molecular flexibility index (Phi) is 15.3. The normalized spacial score (nSPS) is 18.7. The van der Waals surface area contributed by atoms with E-state index in [0.717, 1.165) is 4.90 Å². The molecule has 1 aromatic carbocycles. The summed E-state index contributed by atoms with van der Waals surface area (Å²) in [6.45, 7) is 9.71. The van der Waals surface area contributed by atoms with Gasteiger partial charge in [0.25, 0.3) is 18.3 Å². The molecule has 1 aliphatic heterocycles. The number of aliphatic hydroxyl groups excluding tert-OH is 1. The molecule has 2 aromatic rings. The van der Waals surface area contributed by atoms with E-state index in [2.05, 4.69) is 31.2 Å². The minimum absolute atomic E-state index is 0.0267. The van der Waals surface area contributed by atoms with Crippen molar-refractivity contribution in [3.05, 3.63) is 60.2 Å². The summed E-state index contributed by atoms with van der Waals surface area (Å²) in [5.41, 5.74) is 0.534. The summed E-state index contributed by atoms with van der Waals surface area (Å²) in [7, 11) is 0. The highest BCUT2D eigenvalue weighted by Gasteiger charge is 2.52. The van der Waals surface area contributed by atoms with Gasteiger partial charge in [-0.3, -0.25) is 33.8 Å². The number of nitrogens with one attached hydrogen (secondary N) is 4. The van der Waals surface area contributed by atoms with E-state index in [1.807, 2.05) is 0 Å². The van der Waals surface area contributed by atoms with Gasteiger partial charge in [0.1, 0.15) is 36.0 Å². The molecule has 1 fully saturated rings. The molecule has 0 bridgehead atoms. The first-order chi connectivity index (χ1) is 25.0. The van der Waals surface area contributed by atoms with Crippen LogP contribution in [0.3, 0.4) is 0 Å². The summed E-state index contributed by atoms with van der Waals surface area (Å²) in [5.74, 6) is -10.1. The van der Waals surface area contributed by atoms with Crippen LogP contribution in [0.1, 0.15) is 82.9 Å². The van der Waals surface area contributed by atoms with E-state index in [1.165, 1.54) is 25.5 Å². The van der Waals surface area contributed by atoms with Gasteiger partial charge >= 0.3 is 5.92 Å². The second-order valence-electron chi connectivity index (χ2n) is 13.7. The lowest BCUT2D eigenvalue weighted by atomic mass is 9.97. The highest BCUT2D eigenvalue weighted by molar-refractivity contribution is 5.98. The van der Waals surface area contributed by atoms with Crippen molar-refractivity contribution in [3.63, 3.8) is 0 Å². The van der Waals surface area contributed by atoms with Crippen molar-refractivity contribution in [2.24, 2.45) is 11.8 Å². The SMILES string of the molecule is CCC[C@H](NC(=O)[C@@H]1C[C@@H](OC=O)CN1C(=O)[C@@H](NC(=O)[C@@H](NC(=O)c1cnccn1)C(C)C)C(C)C)C(O)C(F)(F)C(=O)N[C@@H](C)c1ccccc1. The lowest BCUT2D eigenvalue weighted by molar-refractivity contribution is -0.169. The number of benzene rings is 1. The van der Waals surface area contributed by atoms with Crippen LogP contribution in [0.25, 0.3) is 0 Å². The molecular formula is C36H49F2N7O8. The fourth-order valence-corrected chi connectivity index (χ4v) is 5.97. The zero-order valence-corrected chi connectivity index (χ0v) is 30.6. The first-order valence-corrected chi connectivity index (χ1v) is 17.5. The standard InChI is InChI=1S/C36H49F2N7O8/c1-7-11-25(30(47)36(37,38)35(52)41-22(6)23-12-9-8-10-13-23)42-32(49)27-16-24(53-19-46)18-45(27)34(51)29(21(4)5)44-33(50)28(20(2)3)43-31(48)26-17-39-14-15-40-26/h8-10,12-15,17,19-22,24-25,27-30,47H,7,11,16,18H2,1-6H3,(H,41,52)(H,42,49)(H,43,48)(H,44,50)/t22-,24+,25-,27-,28-,29-,30?/m0/s1. The third kappa shape index (κ3) is 11.0. The van der Waals surface area contributed by atoms with Crippen molar-refractivity contribution < 1.29 is 47.4 Å². The Hall–Kier alpha value is -5.06. The molecule has 290 valence electrons. The number of hydrogen-bond donors (Lipinski definition) is 5. The molecule has 1 aliphatic rings. The molecule has 5 N–H and O–H groups in total. The summed E-state index contributed by atoms with van der Waals surface area (Å²) in [5, 5.41) is 20.7. The molecule has 0 aliphatic carbocycles. The zero-order valence-electron chi connectivity index (χ0n) is 30.6. The van der Waals surface area contributed by atoms with E-state index in [1.54, 1.807) is 65.0 Å². The van der Waals surface area contributed by atoms with Crippen LogP contribution < -0.4 is 21.3 Å². The van der Waals surface area contributed by atoms with Crippen LogP contribution in [-0.4, -0.2) is 105 Å². The molecule has 2 heterocycles.